The molecule has 0 aliphatic carbocycles. The Labute approximate surface area is 175 Å². The Morgan fingerprint density at radius 2 is 1.73 bits per heavy atom. The number of hydrogen-bond donors (Lipinski definition) is 0. The van der Waals surface area contributed by atoms with E-state index in [0.29, 0.717) is 24.0 Å². The molecular formula is C24H24N4O2. The van der Waals surface area contributed by atoms with Gasteiger partial charge in [0.15, 0.2) is 5.69 Å². The van der Waals surface area contributed by atoms with Crippen LogP contribution >= 0.6 is 0 Å². The van der Waals surface area contributed by atoms with Crippen LogP contribution in [0.1, 0.15) is 29.3 Å². The first-order valence-electron chi connectivity index (χ1n) is 10.1. The summed E-state index contributed by atoms with van der Waals surface area (Å²) in [6, 6.07) is 18.8. The van der Waals surface area contributed by atoms with E-state index in [0.717, 1.165) is 24.5 Å². The molecule has 0 radical (unpaired) electrons. The van der Waals surface area contributed by atoms with Gasteiger partial charge in [0, 0.05) is 16.7 Å². The number of aryl methyl sites for hydroxylation is 2. The molecule has 0 saturated carbocycles. The molecule has 1 fully saturated rings. The van der Waals surface area contributed by atoms with Crippen LogP contribution in [0.2, 0.25) is 0 Å². The van der Waals surface area contributed by atoms with Crippen LogP contribution in [0.3, 0.4) is 0 Å². The lowest BCUT2D eigenvalue weighted by molar-refractivity contribution is -0.0500. The highest BCUT2D eigenvalue weighted by Crippen LogP contribution is 2.32. The normalized spacial score (nSPS) is 15.2. The van der Waals surface area contributed by atoms with Gasteiger partial charge in [0.2, 0.25) is 5.82 Å². The predicted molar refractivity (Wildman–Crippen MR) is 114 cm³/mol. The number of nitrogens with zero attached hydrogens (tertiary/aromatic N) is 4. The van der Waals surface area contributed by atoms with Crippen molar-refractivity contribution in [3.05, 3.63) is 77.0 Å². The van der Waals surface area contributed by atoms with Crippen LogP contribution in [0.5, 0.6) is 0 Å². The van der Waals surface area contributed by atoms with E-state index in [1.807, 2.05) is 29.8 Å². The molecule has 0 spiro atoms. The Morgan fingerprint density at radius 1 is 1.00 bits per heavy atom. The van der Waals surface area contributed by atoms with Crippen LogP contribution in [0.4, 0.5) is 0 Å². The number of rotatable bonds is 5. The summed E-state index contributed by atoms with van der Waals surface area (Å²) in [5.74, 6) is 0.997. The summed E-state index contributed by atoms with van der Waals surface area (Å²) in [7, 11) is 0. The van der Waals surface area contributed by atoms with Gasteiger partial charge < -0.3 is 9.26 Å². The molecule has 4 aromatic rings. The van der Waals surface area contributed by atoms with Crippen molar-refractivity contribution in [1.29, 1.82) is 0 Å². The zero-order chi connectivity index (χ0) is 20.7. The molecule has 1 aliphatic heterocycles. The second-order valence-electron chi connectivity index (χ2n) is 8.37. The zero-order valence-corrected chi connectivity index (χ0v) is 17.4. The Balaban J connectivity index is 1.36. The van der Waals surface area contributed by atoms with Crippen molar-refractivity contribution in [1.82, 2.24) is 19.9 Å². The molecule has 6 heteroatoms. The second kappa shape index (κ2) is 7.22. The molecule has 2 aromatic heterocycles. The monoisotopic (exact) mass is 400 g/mol. The predicted octanol–water partition coefficient (Wildman–Crippen LogP) is 4.55. The standard InChI is InChI=1S/C24H24N4O2/c1-16-4-6-18(7-5-16)13-28-17(2)12-21(26-28)23-25-22(27-30-23)19-8-10-20(11-9-19)24(3)14-29-15-24/h4-12H,13-15H2,1-3H3. The van der Waals surface area contributed by atoms with Gasteiger partial charge >= 0.3 is 0 Å². The average Bonchev–Trinajstić information content (AvgIpc) is 3.35. The molecule has 3 heterocycles. The number of ether oxygens (including phenoxy) is 1. The van der Waals surface area contributed by atoms with E-state index in [1.165, 1.54) is 16.7 Å². The fourth-order valence-corrected chi connectivity index (χ4v) is 3.68. The third-order valence-corrected chi connectivity index (χ3v) is 5.76. The lowest BCUT2D eigenvalue weighted by Gasteiger charge is -2.38. The molecule has 0 unspecified atom stereocenters. The van der Waals surface area contributed by atoms with E-state index in [2.05, 4.69) is 65.5 Å². The Bertz CT molecular complexity index is 1170. The minimum absolute atomic E-state index is 0.114. The maximum Gasteiger partial charge on any atom is 0.278 e. The summed E-state index contributed by atoms with van der Waals surface area (Å²) in [4.78, 5) is 4.57. The molecule has 5 rings (SSSR count). The maximum atomic E-state index is 5.51. The Morgan fingerprint density at radius 3 is 2.40 bits per heavy atom. The topological polar surface area (TPSA) is 66.0 Å². The van der Waals surface area contributed by atoms with Crippen LogP contribution in [0.15, 0.2) is 59.1 Å². The molecule has 152 valence electrons. The molecule has 30 heavy (non-hydrogen) atoms. The minimum atomic E-state index is 0.114. The van der Waals surface area contributed by atoms with Gasteiger partial charge in [-0.3, -0.25) is 4.68 Å². The third-order valence-electron chi connectivity index (χ3n) is 5.76. The van der Waals surface area contributed by atoms with Gasteiger partial charge in [-0.25, -0.2) is 0 Å². The quantitative estimate of drug-likeness (QED) is 0.492. The minimum Gasteiger partial charge on any atom is -0.379 e. The Kier molecular flexibility index (Phi) is 4.51. The van der Waals surface area contributed by atoms with E-state index >= 15 is 0 Å². The summed E-state index contributed by atoms with van der Waals surface area (Å²) < 4.78 is 12.8. The third kappa shape index (κ3) is 3.44. The van der Waals surface area contributed by atoms with Crippen LogP contribution in [0.25, 0.3) is 23.0 Å². The fraction of sp³-hybridized carbons (Fsp3) is 0.292. The smallest absolute Gasteiger partial charge is 0.278 e. The molecular weight excluding hydrogens is 376 g/mol. The van der Waals surface area contributed by atoms with Crippen molar-refractivity contribution in [3.63, 3.8) is 0 Å². The summed E-state index contributed by atoms with van der Waals surface area (Å²) >= 11 is 0. The van der Waals surface area contributed by atoms with Gasteiger partial charge in [-0.05, 0) is 31.0 Å². The Hall–Kier alpha value is -3.25. The molecule has 2 aromatic carbocycles. The van der Waals surface area contributed by atoms with Gasteiger partial charge in [0.05, 0.1) is 19.8 Å². The van der Waals surface area contributed by atoms with Crippen molar-refractivity contribution in [2.45, 2.75) is 32.7 Å². The first kappa shape index (κ1) is 18.8. The number of hydrogen-bond acceptors (Lipinski definition) is 5. The van der Waals surface area contributed by atoms with E-state index in [9.17, 15) is 0 Å². The van der Waals surface area contributed by atoms with Crippen molar-refractivity contribution < 1.29 is 9.26 Å². The highest BCUT2D eigenvalue weighted by atomic mass is 16.5. The van der Waals surface area contributed by atoms with E-state index in [1.54, 1.807) is 0 Å². The highest BCUT2D eigenvalue weighted by molar-refractivity contribution is 5.58. The van der Waals surface area contributed by atoms with Gasteiger partial charge in [-0.1, -0.05) is 66.2 Å². The molecule has 0 N–H and O–H groups in total. The number of aromatic nitrogens is 4. The SMILES string of the molecule is Cc1ccc(Cn2nc(-c3nc(-c4ccc(C5(C)COC5)cc4)no3)cc2C)cc1. The van der Waals surface area contributed by atoms with Crippen molar-refractivity contribution in [3.8, 4) is 23.0 Å². The van der Waals surface area contributed by atoms with Crippen molar-refractivity contribution in [2.75, 3.05) is 13.2 Å². The maximum absolute atomic E-state index is 5.51. The fourth-order valence-electron chi connectivity index (χ4n) is 3.68. The number of benzene rings is 2. The molecule has 6 nitrogen and oxygen atoms in total. The van der Waals surface area contributed by atoms with Crippen LogP contribution in [-0.2, 0) is 16.7 Å². The van der Waals surface area contributed by atoms with Crippen LogP contribution < -0.4 is 0 Å². The molecule has 0 amide bonds. The van der Waals surface area contributed by atoms with Gasteiger partial charge in [-0.2, -0.15) is 10.1 Å². The summed E-state index contributed by atoms with van der Waals surface area (Å²) in [6.07, 6.45) is 0. The van der Waals surface area contributed by atoms with E-state index in [4.69, 9.17) is 9.26 Å². The molecule has 0 atom stereocenters. The molecule has 1 aliphatic rings. The highest BCUT2D eigenvalue weighted by Gasteiger charge is 2.35. The lowest BCUT2D eigenvalue weighted by Crippen LogP contribution is -2.43. The van der Waals surface area contributed by atoms with Gasteiger partial charge in [0.25, 0.3) is 5.89 Å². The summed E-state index contributed by atoms with van der Waals surface area (Å²) in [5, 5.41) is 8.84. The van der Waals surface area contributed by atoms with Crippen LogP contribution in [-0.4, -0.2) is 33.1 Å². The summed E-state index contributed by atoms with van der Waals surface area (Å²) in [6.45, 7) is 8.58. The van der Waals surface area contributed by atoms with E-state index in [-0.39, 0.29) is 5.41 Å². The molecule has 1 saturated heterocycles. The lowest BCUT2D eigenvalue weighted by atomic mass is 9.80. The average molecular weight is 400 g/mol. The van der Waals surface area contributed by atoms with Gasteiger partial charge in [-0.15, -0.1) is 0 Å². The first-order chi connectivity index (χ1) is 14.5. The van der Waals surface area contributed by atoms with Crippen molar-refractivity contribution in [2.24, 2.45) is 0 Å². The second-order valence-corrected chi connectivity index (χ2v) is 8.37. The van der Waals surface area contributed by atoms with Crippen LogP contribution in [0, 0.1) is 13.8 Å². The molecule has 0 bridgehead atoms. The van der Waals surface area contributed by atoms with Gasteiger partial charge in [0.1, 0.15) is 0 Å². The largest absolute Gasteiger partial charge is 0.379 e. The summed E-state index contributed by atoms with van der Waals surface area (Å²) in [5.41, 5.74) is 6.50. The first-order valence-corrected chi connectivity index (χ1v) is 10.1. The zero-order valence-electron chi connectivity index (χ0n) is 17.4. The van der Waals surface area contributed by atoms with E-state index < -0.39 is 0 Å². The van der Waals surface area contributed by atoms with Crippen molar-refractivity contribution >= 4 is 0 Å².